The minimum absolute atomic E-state index is 0.0437. The maximum atomic E-state index is 11.1. The molecular weight excluding hydrogens is 210 g/mol. The monoisotopic (exact) mass is 233 g/mol. The molecule has 0 atom stereocenters. The second-order valence-corrected chi connectivity index (χ2v) is 3.32. The largest absolute Gasteiger partial charge is 0.382 e. The highest BCUT2D eigenvalue weighted by molar-refractivity contribution is 5.75. The Morgan fingerprint density at radius 2 is 1.69 bits per heavy atom. The highest BCUT2D eigenvalue weighted by atomic mass is 16.5. The molecule has 5 nitrogen and oxygen atoms in total. The summed E-state index contributed by atoms with van der Waals surface area (Å²) in [4.78, 5) is 11.1. The van der Waals surface area contributed by atoms with Gasteiger partial charge in [0.25, 0.3) is 0 Å². The molecule has 0 aliphatic heterocycles. The molecule has 0 rings (SSSR count). The Labute approximate surface area is 97.4 Å². The molecule has 5 heteroatoms. The highest BCUT2D eigenvalue weighted by Crippen LogP contribution is 1.85. The average Bonchev–Trinajstić information content (AvgIpc) is 2.30. The van der Waals surface area contributed by atoms with Gasteiger partial charge < -0.3 is 19.5 Å². The molecule has 96 valence electrons. The molecule has 0 unspecified atom stereocenters. The fraction of sp³-hybridized carbons (Fsp3) is 0.909. The molecule has 0 heterocycles. The van der Waals surface area contributed by atoms with Crippen LogP contribution in [0.3, 0.4) is 0 Å². The summed E-state index contributed by atoms with van der Waals surface area (Å²) in [6, 6.07) is 0. The molecule has 0 saturated heterocycles. The van der Waals surface area contributed by atoms with Crippen molar-refractivity contribution in [3.8, 4) is 0 Å². The maximum Gasteiger partial charge on any atom is 0.222 e. The Morgan fingerprint density at radius 1 is 1.06 bits per heavy atom. The molecule has 0 radical (unpaired) electrons. The number of carbonyl (C=O) groups is 1. The van der Waals surface area contributed by atoms with Crippen LogP contribution in [0.5, 0.6) is 0 Å². The summed E-state index contributed by atoms with van der Waals surface area (Å²) in [6.07, 6.45) is 1.37. The summed E-state index contributed by atoms with van der Waals surface area (Å²) < 4.78 is 15.3. The van der Waals surface area contributed by atoms with Gasteiger partial charge in [-0.05, 0) is 6.42 Å². The molecule has 0 spiro atoms. The summed E-state index contributed by atoms with van der Waals surface area (Å²) in [6.45, 7) is 5.44. The smallest absolute Gasteiger partial charge is 0.222 e. The molecule has 0 fully saturated rings. The van der Waals surface area contributed by atoms with Gasteiger partial charge in [-0.25, -0.2) is 0 Å². The van der Waals surface area contributed by atoms with Gasteiger partial charge in [-0.1, -0.05) is 6.92 Å². The molecule has 0 aliphatic carbocycles. The van der Waals surface area contributed by atoms with Crippen LogP contribution in [-0.4, -0.2) is 52.6 Å². The number of nitrogens with one attached hydrogen (secondary N) is 1. The predicted molar refractivity (Wildman–Crippen MR) is 61.4 cm³/mol. The first-order valence-electron chi connectivity index (χ1n) is 5.72. The minimum atomic E-state index is 0.0437. The van der Waals surface area contributed by atoms with Crippen LogP contribution >= 0.6 is 0 Å². The third-order valence-electron chi connectivity index (χ3n) is 1.85. The first kappa shape index (κ1) is 15.3. The zero-order chi connectivity index (χ0) is 12.1. The Kier molecular flexibility index (Phi) is 11.9. The van der Waals surface area contributed by atoms with E-state index >= 15 is 0 Å². The van der Waals surface area contributed by atoms with Crippen molar-refractivity contribution in [3.05, 3.63) is 0 Å². The average molecular weight is 233 g/mol. The lowest BCUT2D eigenvalue weighted by molar-refractivity contribution is -0.122. The van der Waals surface area contributed by atoms with Gasteiger partial charge in [0.05, 0.1) is 33.0 Å². The van der Waals surface area contributed by atoms with Gasteiger partial charge in [-0.15, -0.1) is 0 Å². The van der Waals surface area contributed by atoms with Crippen LogP contribution in [0.4, 0.5) is 0 Å². The molecule has 0 aromatic heterocycles. The van der Waals surface area contributed by atoms with E-state index < -0.39 is 0 Å². The van der Waals surface area contributed by atoms with Gasteiger partial charge in [0.15, 0.2) is 0 Å². The SMILES string of the molecule is CCCNC(=O)CCOCCOCCOC. The van der Waals surface area contributed by atoms with Crippen LogP contribution in [0.15, 0.2) is 0 Å². The summed E-state index contributed by atoms with van der Waals surface area (Å²) in [5, 5.41) is 2.78. The lowest BCUT2D eigenvalue weighted by Gasteiger charge is -2.06. The fourth-order valence-electron chi connectivity index (χ4n) is 0.982. The van der Waals surface area contributed by atoms with E-state index in [1.54, 1.807) is 7.11 Å². The molecule has 0 aromatic rings. The van der Waals surface area contributed by atoms with Crippen LogP contribution in [0.2, 0.25) is 0 Å². The van der Waals surface area contributed by atoms with Crippen molar-refractivity contribution in [1.29, 1.82) is 0 Å². The first-order chi connectivity index (χ1) is 7.81. The van der Waals surface area contributed by atoms with Crippen LogP contribution < -0.4 is 5.32 Å². The van der Waals surface area contributed by atoms with E-state index in [1.807, 2.05) is 6.92 Å². The summed E-state index contributed by atoms with van der Waals surface area (Å²) in [5.41, 5.74) is 0. The molecular formula is C11H23NO4. The normalized spacial score (nSPS) is 10.4. The Bertz CT molecular complexity index is 164. The van der Waals surface area contributed by atoms with E-state index in [4.69, 9.17) is 14.2 Å². The fourth-order valence-corrected chi connectivity index (χ4v) is 0.982. The molecule has 16 heavy (non-hydrogen) atoms. The Morgan fingerprint density at radius 3 is 2.31 bits per heavy atom. The summed E-state index contributed by atoms with van der Waals surface area (Å²) >= 11 is 0. The Balaban J connectivity index is 3.05. The quantitative estimate of drug-likeness (QED) is 0.530. The second-order valence-electron chi connectivity index (χ2n) is 3.32. The van der Waals surface area contributed by atoms with Crippen molar-refractivity contribution in [1.82, 2.24) is 5.32 Å². The zero-order valence-electron chi connectivity index (χ0n) is 10.3. The predicted octanol–water partition coefficient (Wildman–Crippen LogP) is 0.582. The van der Waals surface area contributed by atoms with Gasteiger partial charge in [0.2, 0.25) is 5.91 Å². The third kappa shape index (κ3) is 11.4. The summed E-state index contributed by atoms with van der Waals surface area (Å²) in [7, 11) is 1.63. The van der Waals surface area contributed by atoms with E-state index in [2.05, 4.69) is 5.32 Å². The number of carbonyl (C=O) groups excluding carboxylic acids is 1. The highest BCUT2D eigenvalue weighted by Gasteiger charge is 1.99. The number of hydrogen-bond donors (Lipinski definition) is 1. The van der Waals surface area contributed by atoms with E-state index in [9.17, 15) is 4.79 Å². The molecule has 1 N–H and O–H groups in total. The van der Waals surface area contributed by atoms with E-state index in [0.29, 0.717) is 39.5 Å². The lowest BCUT2D eigenvalue weighted by atomic mass is 10.4. The number of rotatable bonds is 11. The molecule has 0 aromatic carbocycles. The second kappa shape index (κ2) is 12.4. The topological polar surface area (TPSA) is 56.8 Å². The third-order valence-corrected chi connectivity index (χ3v) is 1.85. The standard InChI is InChI=1S/C11H23NO4/c1-3-5-12-11(13)4-6-15-9-10-16-8-7-14-2/h3-10H2,1-2H3,(H,12,13). The van der Waals surface area contributed by atoms with E-state index in [-0.39, 0.29) is 5.91 Å². The van der Waals surface area contributed by atoms with Gasteiger partial charge in [0, 0.05) is 20.1 Å². The number of methoxy groups -OCH3 is 1. The van der Waals surface area contributed by atoms with Crippen molar-refractivity contribution in [2.24, 2.45) is 0 Å². The van der Waals surface area contributed by atoms with Gasteiger partial charge in [-0.3, -0.25) is 4.79 Å². The Hall–Kier alpha value is -0.650. The van der Waals surface area contributed by atoms with Gasteiger partial charge in [0.1, 0.15) is 0 Å². The van der Waals surface area contributed by atoms with Gasteiger partial charge in [-0.2, -0.15) is 0 Å². The van der Waals surface area contributed by atoms with Crippen molar-refractivity contribution < 1.29 is 19.0 Å². The van der Waals surface area contributed by atoms with Gasteiger partial charge >= 0.3 is 0 Å². The maximum absolute atomic E-state index is 11.1. The molecule has 0 aliphatic rings. The minimum Gasteiger partial charge on any atom is -0.382 e. The van der Waals surface area contributed by atoms with E-state index in [1.165, 1.54) is 0 Å². The summed E-state index contributed by atoms with van der Waals surface area (Å²) in [5.74, 6) is 0.0437. The number of hydrogen-bond acceptors (Lipinski definition) is 4. The molecule has 0 bridgehead atoms. The zero-order valence-corrected chi connectivity index (χ0v) is 10.3. The van der Waals surface area contributed by atoms with Crippen LogP contribution in [0.25, 0.3) is 0 Å². The molecule has 1 amide bonds. The number of amides is 1. The lowest BCUT2D eigenvalue weighted by Crippen LogP contribution is -2.25. The van der Waals surface area contributed by atoms with Crippen molar-refractivity contribution >= 4 is 5.91 Å². The van der Waals surface area contributed by atoms with E-state index in [0.717, 1.165) is 13.0 Å². The van der Waals surface area contributed by atoms with Crippen molar-refractivity contribution in [2.45, 2.75) is 19.8 Å². The molecule has 0 saturated carbocycles. The first-order valence-corrected chi connectivity index (χ1v) is 5.72. The van der Waals surface area contributed by atoms with Crippen LogP contribution in [0.1, 0.15) is 19.8 Å². The van der Waals surface area contributed by atoms with Crippen molar-refractivity contribution in [3.63, 3.8) is 0 Å². The number of ether oxygens (including phenoxy) is 3. The van der Waals surface area contributed by atoms with Crippen molar-refractivity contribution in [2.75, 3.05) is 46.7 Å². The van der Waals surface area contributed by atoms with Crippen LogP contribution in [0, 0.1) is 0 Å². The van der Waals surface area contributed by atoms with Crippen LogP contribution in [-0.2, 0) is 19.0 Å².